The van der Waals surface area contributed by atoms with E-state index in [0.29, 0.717) is 0 Å². The second kappa shape index (κ2) is 7.31. The largest absolute Gasteiger partial charge is 0.309 e. The fourth-order valence-corrected chi connectivity index (χ4v) is 6.56. The van der Waals surface area contributed by atoms with Gasteiger partial charge in [0.1, 0.15) is 0 Å². The summed E-state index contributed by atoms with van der Waals surface area (Å²) in [6.45, 7) is 0. The quantitative estimate of drug-likeness (QED) is 0.581. The van der Waals surface area contributed by atoms with E-state index in [-0.39, 0.29) is 5.92 Å². The van der Waals surface area contributed by atoms with Crippen LogP contribution in [0.1, 0.15) is 11.5 Å². The zero-order valence-corrected chi connectivity index (χ0v) is 16.7. The molecule has 3 aromatic carbocycles. The summed E-state index contributed by atoms with van der Waals surface area (Å²) in [5.74, 6) is 0.180. The van der Waals surface area contributed by atoms with Gasteiger partial charge in [0.05, 0.1) is 5.70 Å². The molecule has 0 saturated carbocycles. The molecular weight excluding hydrogens is 373 g/mol. The van der Waals surface area contributed by atoms with Crippen molar-refractivity contribution in [2.75, 3.05) is 0 Å². The minimum Gasteiger partial charge on any atom is -0.309 e. The molecule has 0 amide bonds. The molecule has 5 rings (SSSR count). The van der Waals surface area contributed by atoms with Gasteiger partial charge in [0.2, 0.25) is 0 Å². The summed E-state index contributed by atoms with van der Waals surface area (Å²) in [4.78, 5) is 4.42. The zero-order chi connectivity index (χ0) is 19.7. The molecule has 0 N–H and O–H groups in total. The van der Waals surface area contributed by atoms with Crippen LogP contribution in [0.5, 0.6) is 0 Å². The van der Waals surface area contributed by atoms with Crippen LogP contribution in [0.25, 0.3) is 0 Å². The Morgan fingerprint density at radius 1 is 0.724 bits per heavy atom. The van der Waals surface area contributed by atoms with Gasteiger partial charge in [0.25, 0.3) is 0 Å². The molecule has 1 atom stereocenters. The molecule has 0 spiro atoms. The Hall–Kier alpha value is -3.22. The molecule has 1 aliphatic heterocycles. The molecule has 3 aromatic rings. The number of fused-ring (bicyclic) bond motifs is 1. The SMILES string of the molecule is O=P(c1ccccc1)(c1ccccc1)c1ccc(C2C=CC3=CC=NC3=C2)cc1. The Kier molecular flexibility index (Phi) is 4.50. The summed E-state index contributed by atoms with van der Waals surface area (Å²) in [7, 11) is -2.92. The van der Waals surface area contributed by atoms with Crippen molar-refractivity contribution >= 4 is 29.3 Å². The van der Waals surface area contributed by atoms with Crippen molar-refractivity contribution in [3.05, 3.63) is 126 Å². The molecule has 0 fully saturated rings. The molecule has 1 aliphatic carbocycles. The maximum Gasteiger partial charge on any atom is 0.171 e. The van der Waals surface area contributed by atoms with Gasteiger partial charge >= 0.3 is 0 Å². The lowest BCUT2D eigenvalue weighted by molar-refractivity contribution is 0.592. The van der Waals surface area contributed by atoms with Crippen LogP contribution < -0.4 is 15.9 Å². The van der Waals surface area contributed by atoms with Gasteiger partial charge in [-0.1, -0.05) is 97.1 Å². The lowest BCUT2D eigenvalue weighted by Gasteiger charge is -2.21. The fraction of sp³-hybridized carbons (Fsp3) is 0.0385. The van der Waals surface area contributed by atoms with E-state index in [1.165, 1.54) is 5.56 Å². The summed E-state index contributed by atoms with van der Waals surface area (Å²) < 4.78 is 14.4. The maximum atomic E-state index is 14.4. The summed E-state index contributed by atoms with van der Waals surface area (Å²) >= 11 is 0. The molecule has 1 unspecified atom stereocenters. The minimum absolute atomic E-state index is 0.180. The van der Waals surface area contributed by atoms with Crippen LogP contribution in [-0.2, 0) is 4.57 Å². The highest BCUT2D eigenvalue weighted by atomic mass is 31.2. The maximum absolute atomic E-state index is 14.4. The third kappa shape index (κ3) is 3.16. The number of benzene rings is 3. The molecule has 1 heterocycles. The molecule has 2 aliphatic rings. The van der Waals surface area contributed by atoms with E-state index in [2.05, 4.69) is 35.4 Å². The average Bonchev–Trinajstić information content (AvgIpc) is 3.28. The first-order valence-corrected chi connectivity index (χ1v) is 11.4. The van der Waals surface area contributed by atoms with E-state index >= 15 is 0 Å². The fourth-order valence-electron chi connectivity index (χ4n) is 3.91. The van der Waals surface area contributed by atoms with Gasteiger partial charge in [-0.2, -0.15) is 0 Å². The molecule has 0 aromatic heterocycles. The molecule has 3 heteroatoms. The number of allylic oxidation sites excluding steroid dienone is 4. The Bertz CT molecular complexity index is 1160. The van der Waals surface area contributed by atoms with E-state index in [1.54, 1.807) is 0 Å². The predicted octanol–water partition coefficient (Wildman–Crippen LogP) is 4.87. The minimum atomic E-state index is -2.92. The van der Waals surface area contributed by atoms with Crippen LogP contribution >= 0.6 is 7.14 Å². The summed E-state index contributed by atoms with van der Waals surface area (Å²) in [5, 5.41) is 2.56. The van der Waals surface area contributed by atoms with E-state index in [0.717, 1.165) is 27.2 Å². The Balaban J connectivity index is 1.56. The number of aliphatic imine (C=N–C) groups is 1. The van der Waals surface area contributed by atoms with Gasteiger partial charge in [-0.25, -0.2) is 0 Å². The van der Waals surface area contributed by atoms with Crippen LogP contribution in [0.3, 0.4) is 0 Å². The van der Waals surface area contributed by atoms with E-state index in [9.17, 15) is 4.57 Å². The van der Waals surface area contributed by atoms with Crippen LogP contribution in [0.15, 0.2) is 125 Å². The highest BCUT2D eigenvalue weighted by molar-refractivity contribution is 7.85. The Morgan fingerprint density at radius 2 is 1.31 bits per heavy atom. The van der Waals surface area contributed by atoms with Crippen LogP contribution in [0, 0.1) is 0 Å². The smallest absolute Gasteiger partial charge is 0.171 e. The molecule has 0 bridgehead atoms. The van der Waals surface area contributed by atoms with Crippen molar-refractivity contribution in [2.45, 2.75) is 5.92 Å². The van der Waals surface area contributed by atoms with Crippen molar-refractivity contribution < 1.29 is 4.57 Å². The Labute approximate surface area is 171 Å². The summed E-state index contributed by atoms with van der Waals surface area (Å²) in [5.41, 5.74) is 3.36. The number of hydrogen-bond donors (Lipinski definition) is 0. The van der Waals surface area contributed by atoms with Crippen molar-refractivity contribution in [3.63, 3.8) is 0 Å². The van der Waals surface area contributed by atoms with Gasteiger partial charge in [-0.05, 0) is 17.7 Å². The van der Waals surface area contributed by atoms with Crippen molar-refractivity contribution in [1.82, 2.24) is 0 Å². The third-order valence-corrected chi connectivity index (χ3v) is 8.54. The topological polar surface area (TPSA) is 29.4 Å². The molecule has 140 valence electrons. The first-order chi connectivity index (χ1) is 14.2. The molecule has 29 heavy (non-hydrogen) atoms. The third-order valence-electron chi connectivity index (χ3n) is 5.47. The summed E-state index contributed by atoms with van der Waals surface area (Å²) in [6.07, 6.45) is 10.4. The lowest BCUT2D eigenvalue weighted by atomic mass is 9.92. The first-order valence-electron chi connectivity index (χ1n) is 9.72. The van der Waals surface area contributed by atoms with Crippen molar-refractivity contribution in [3.8, 4) is 0 Å². The van der Waals surface area contributed by atoms with Gasteiger partial charge in [0, 0.05) is 33.6 Å². The van der Waals surface area contributed by atoms with Gasteiger partial charge in [-0.3, -0.25) is 4.99 Å². The number of nitrogens with zero attached hydrogens (tertiary/aromatic N) is 1. The van der Waals surface area contributed by atoms with Gasteiger partial charge < -0.3 is 4.57 Å². The van der Waals surface area contributed by atoms with E-state index < -0.39 is 7.14 Å². The van der Waals surface area contributed by atoms with E-state index in [4.69, 9.17) is 0 Å². The molecule has 2 nitrogen and oxygen atoms in total. The molecular formula is C26H20NOP. The molecule has 0 radical (unpaired) electrons. The standard InChI is InChI=1S/C26H20NOP/c28-29(23-7-3-1-4-8-23,24-9-5-2-6-10-24)25-15-13-20(14-16-25)22-12-11-21-17-18-27-26(21)19-22/h1-19,22H. The lowest BCUT2D eigenvalue weighted by Crippen LogP contribution is -2.25. The molecule has 0 saturated heterocycles. The number of hydrogen-bond acceptors (Lipinski definition) is 2. The first kappa shape index (κ1) is 17.8. The van der Waals surface area contributed by atoms with Gasteiger partial charge in [-0.15, -0.1) is 0 Å². The van der Waals surface area contributed by atoms with E-state index in [1.807, 2.05) is 85.1 Å². The van der Waals surface area contributed by atoms with Crippen molar-refractivity contribution in [2.24, 2.45) is 4.99 Å². The normalized spacial score (nSPS) is 17.6. The van der Waals surface area contributed by atoms with Crippen LogP contribution in [0.4, 0.5) is 0 Å². The van der Waals surface area contributed by atoms with Gasteiger partial charge in [0.15, 0.2) is 7.14 Å². The van der Waals surface area contributed by atoms with Crippen LogP contribution in [0.2, 0.25) is 0 Å². The number of rotatable bonds is 4. The monoisotopic (exact) mass is 393 g/mol. The second-order valence-corrected chi connectivity index (χ2v) is 9.98. The Morgan fingerprint density at radius 3 is 1.93 bits per heavy atom. The van der Waals surface area contributed by atoms with Crippen molar-refractivity contribution in [1.29, 1.82) is 0 Å². The second-order valence-electron chi connectivity index (χ2n) is 7.21. The average molecular weight is 393 g/mol. The zero-order valence-electron chi connectivity index (χ0n) is 15.8. The highest BCUT2D eigenvalue weighted by Gasteiger charge is 2.29. The predicted molar refractivity (Wildman–Crippen MR) is 122 cm³/mol. The highest BCUT2D eigenvalue weighted by Crippen LogP contribution is 2.42. The summed E-state index contributed by atoms with van der Waals surface area (Å²) in [6, 6.07) is 27.8. The van der Waals surface area contributed by atoms with Crippen LogP contribution in [-0.4, -0.2) is 6.21 Å².